The number of hydrogen-bond donors (Lipinski definition) is 4. The van der Waals surface area contributed by atoms with Gasteiger partial charge in [0, 0.05) is 30.6 Å². The SMILES string of the molecule is O=C(NCc1cccc(C(=O)NCCO)c1)C1=CC2OCOC2C(OC(=O)c2cccc(C=CCc3ccccc3O)c2)C1. The number of esters is 1. The molecule has 2 amide bonds. The van der Waals surface area contributed by atoms with E-state index < -0.39 is 24.3 Å². The van der Waals surface area contributed by atoms with Crippen LogP contribution in [0.3, 0.4) is 0 Å². The second-order valence-corrected chi connectivity index (χ2v) is 10.4. The third-order valence-electron chi connectivity index (χ3n) is 7.35. The fourth-order valence-electron chi connectivity index (χ4n) is 5.09. The van der Waals surface area contributed by atoms with Gasteiger partial charge in [-0.2, -0.15) is 0 Å². The summed E-state index contributed by atoms with van der Waals surface area (Å²) >= 11 is 0. The minimum absolute atomic E-state index is 0.0250. The van der Waals surface area contributed by atoms with Gasteiger partial charge in [0.15, 0.2) is 0 Å². The van der Waals surface area contributed by atoms with Crippen LogP contribution in [-0.4, -0.2) is 66.3 Å². The van der Waals surface area contributed by atoms with Crippen LogP contribution in [0.15, 0.2) is 90.5 Å². The molecule has 1 fully saturated rings. The monoisotopic (exact) mass is 598 g/mol. The molecule has 10 nitrogen and oxygen atoms in total. The molecule has 0 bridgehead atoms. The highest BCUT2D eigenvalue weighted by molar-refractivity contribution is 5.95. The number of para-hydroxylation sites is 1. The van der Waals surface area contributed by atoms with Gasteiger partial charge in [0.05, 0.1) is 12.2 Å². The Balaban J connectivity index is 1.20. The number of nitrogens with one attached hydrogen (secondary N) is 2. The van der Waals surface area contributed by atoms with E-state index in [9.17, 15) is 19.5 Å². The molecule has 3 aromatic carbocycles. The predicted octanol–water partition coefficient (Wildman–Crippen LogP) is 3.28. The number of carbonyl (C=O) groups is 3. The number of aliphatic hydroxyl groups excluding tert-OH is 1. The summed E-state index contributed by atoms with van der Waals surface area (Å²) in [5.41, 5.74) is 3.51. The van der Waals surface area contributed by atoms with Crippen molar-refractivity contribution in [3.05, 3.63) is 118 Å². The largest absolute Gasteiger partial charge is 0.508 e. The van der Waals surface area contributed by atoms with Crippen molar-refractivity contribution >= 4 is 23.9 Å². The van der Waals surface area contributed by atoms with Crippen molar-refractivity contribution in [1.82, 2.24) is 10.6 Å². The molecule has 1 saturated heterocycles. The van der Waals surface area contributed by atoms with Gasteiger partial charge in [-0.25, -0.2) is 4.79 Å². The number of benzene rings is 3. The van der Waals surface area contributed by atoms with Gasteiger partial charge in [-0.3, -0.25) is 9.59 Å². The zero-order valence-electron chi connectivity index (χ0n) is 24.0. The summed E-state index contributed by atoms with van der Waals surface area (Å²) in [5, 5.41) is 24.4. The van der Waals surface area contributed by atoms with E-state index in [4.69, 9.17) is 19.3 Å². The van der Waals surface area contributed by atoms with Crippen LogP contribution in [0.1, 0.15) is 43.8 Å². The average Bonchev–Trinajstić information content (AvgIpc) is 3.53. The average molecular weight is 599 g/mol. The lowest BCUT2D eigenvalue weighted by Crippen LogP contribution is -2.43. The van der Waals surface area contributed by atoms with Crippen molar-refractivity contribution in [2.75, 3.05) is 19.9 Å². The third-order valence-corrected chi connectivity index (χ3v) is 7.35. The molecule has 5 rings (SSSR count). The smallest absolute Gasteiger partial charge is 0.338 e. The first-order valence-electron chi connectivity index (χ1n) is 14.4. The van der Waals surface area contributed by atoms with Crippen molar-refractivity contribution in [1.29, 1.82) is 0 Å². The molecule has 0 saturated carbocycles. The van der Waals surface area contributed by atoms with Gasteiger partial charge >= 0.3 is 5.97 Å². The molecular weight excluding hydrogens is 564 g/mol. The van der Waals surface area contributed by atoms with Crippen molar-refractivity contribution in [2.24, 2.45) is 0 Å². The molecule has 10 heteroatoms. The maximum absolute atomic E-state index is 13.2. The number of carbonyl (C=O) groups excluding carboxylic acids is 3. The maximum Gasteiger partial charge on any atom is 0.338 e. The summed E-state index contributed by atoms with van der Waals surface area (Å²) < 4.78 is 17.2. The minimum atomic E-state index is -0.737. The number of hydrogen-bond acceptors (Lipinski definition) is 8. The van der Waals surface area contributed by atoms with E-state index >= 15 is 0 Å². The van der Waals surface area contributed by atoms with Crippen LogP contribution in [0.4, 0.5) is 0 Å². The van der Waals surface area contributed by atoms with Gasteiger partial charge in [-0.15, -0.1) is 0 Å². The van der Waals surface area contributed by atoms with Gasteiger partial charge in [0.25, 0.3) is 5.91 Å². The van der Waals surface area contributed by atoms with Crippen LogP contribution in [0.5, 0.6) is 5.75 Å². The van der Waals surface area contributed by atoms with E-state index in [1.54, 1.807) is 60.7 Å². The first-order chi connectivity index (χ1) is 21.4. The van der Waals surface area contributed by atoms with Gasteiger partial charge < -0.3 is 35.1 Å². The lowest BCUT2D eigenvalue weighted by Gasteiger charge is -2.30. The molecule has 44 heavy (non-hydrogen) atoms. The first-order valence-corrected chi connectivity index (χ1v) is 14.4. The van der Waals surface area contributed by atoms with E-state index in [1.165, 1.54) is 0 Å². The van der Waals surface area contributed by atoms with Crippen molar-refractivity contribution in [3.63, 3.8) is 0 Å². The van der Waals surface area contributed by atoms with E-state index in [0.717, 1.165) is 16.7 Å². The molecular formula is C34H34N2O8. The summed E-state index contributed by atoms with van der Waals surface area (Å²) in [4.78, 5) is 38.5. The topological polar surface area (TPSA) is 143 Å². The Labute approximate surface area is 255 Å². The summed E-state index contributed by atoms with van der Waals surface area (Å²) in [6.45, 7) is 0.195. The Kier molecular flexibility index (Phi) is 10.2. The van der Waals surface area contributed by atoms with Gasteiger partial charge in [0.1, 0.15) is 30.9 Å². The fourth-order valence-corrected chi connectivity index (χ4v) is 5.09. The number of aromatic hydroxyl groups is 1. The summed E-state index contributed by atoms with van der Waals surface area (Å²) in [6.07, 6.45) is 4.35. The quantitative estimate of drug-likeness (QED) is 0.246. The van der Waals surface area contributed by atoms with E-state index in [0.29, 0.717) is 23.1 Å². The highest BCUT2D eigenvalue weighted by atomic mass is 16.7. The van der Waals surface area contributed by atoms with Crippen LogP contribution in [0.25, 0.3) is 6.08 Å². The highest BCUT2D eigenvalue weighted by Gasteiger charge is 2.42. The number of phenols is 1. The maximum atomic E-state index is 13.2. The van der Waals surface area contributed by atoms with Crippen molar-refractivity contribution in [2.45, 2.75) is 37.7 Å². The second kappa shape index (κ2) is 14.6. The lowest BCUT2D eigenvalue weighted by atomic mass is 9.91. The number of phenolic OH excluding ortho intramolecular Hbond substituents is 1. The second-order valence-electron chi connectivity index (χ2n) is 10.4. The van der Waals surface area contributed by atoms with Crippen molar-refractivity contribution < 1.29 is 38.8 Å². The van der Waals surface area contributed by atoms with E-state index in [2.05, 4.69) is 10.6 Å². The predicted molar refractivity (Wildman–Crippen MR) is 162 cm³/mol. The molecule has 0 aromatic heterocycles. The Morgan fingerprint density at radius 1 is 0.932 bits per heavy atom. The zero-order valence-corrected chi connectivity index (χ0v) is 24.0. The Morgan fingerprint density at radius 3 is 2.59 bits per heavy atom. The Hall–Kier alpha value is -4.77. The standard InChI is InChI=1S/C34H34N2O8/c37-15-14-35-32(39)25-11-5-8-23(17-25)20-36-33(40)27-18-29-31(43-21-42-29)30(19-27)44-34(41)26-12-4-7-22(16-26)6-3-10-24-9-1-2-13-28(24)38/h1-9,11-13,16-18,29-31,37-38H,10,14-15,19-21H2,(H,35,39)(H,36,40). The van der Waals surface area contributed by atoms with Gasteiger partial charge in [-0.05, 0) is 59.5 Å². The molecule has 228 valence electrons. The first kappa shape index (κ1) is 30.7. The molecule has 0 spiro atoms. The molecule has 4 N–H and O–H groups in total. The van der Waals surface area contributed by atoms with Crippen molar-refractivity contribution in [3.8, 4) is 5.75 Å². The number of aliphatic hydroxyl groups is 1. The third kappa shape index (κ3) is 7.78. The number of fused-ring (bicyclic) bond motifs is 1. The number of amides is 2. The number of allylic oxidation sites excluding steroid dienone is 1. The molecule has 1 heterocycles. The fraction of sp³-hybridized carbons (Fsp3) is 0.265. The summed E-state index contributed by atoms with van der Waals surface area (Å²) in [7, 11) is 0. The molecule has 3 unspecified atom stereocenters. The summed E-state index contributed by atoms with van der Waals surface area (Å²) in [6, 6.07) is 21.0. The number of ether oxygens (including phenoxy) is 3. The number of rotatable bonds is 11. The van der Waals surface area contributed by atoms with Crippen LogP contribution < -0.4 is 10.6 Å². The highest BCUT2D eigenvalue weighted by Crippen LogP contribution is 2.31. The Bertz CT molecular complexity index is 1570. The normalized spacial score (nSPS) is 19.2. The zero-order chi connectivity index (χ0) is 30.9. The molecule has 1 aliphatic heterocycles. The summed E-state index contributed by atoms with van der Waals surface area (Å²) in [5.74, 6) is -0.968. The van der Waals surface area contributed by atoms with Crippen LogP contribution in [0.2, 0.25) is 0 Å². The molecule has 1 aliphatic carbocycles. The van der Waals surface area contributed by atoms with Gasteiger partial charge in [-0.1, -0.05) is 54.6 Å². The van der Waals surface area contributed by atoms with Crippen LogP contribution in [-0.2, 0) is 32.0 Å². The molecule has 3 atom stereocenters. The van der Waals surface area contributed by atoms with Crippen LogP contribution in [0, 0.1) is 0 Å². The minimum Gasteiger partial charge on any atom is -0.508 e. The van der Waals surface area contributed by atoms with Crippen LogP contribution >= 0.6 is 0 Å². The lowest BCUT2D eigenvalue weighted by molar-refractivity contribution is -0.118. The van der Waals surface area contributed by atoms with Gasteiger partial charge in [0.2, 0.25) is 5.91 Å². The molecule has 2 aliphatic rings. The molecule has 3 aromatic rings. The Morgan fingerprint density at radius 2 is 1.75 bits per heavy atom. The molecule has 0 radical (unpaired) electrons. The van der Waals surface area contributed by atoms with E-state index in [-0.39, 0.29) is 50.5 Å². The van der Waals surface area contributed by atoms with E-state index in [1.807, 2.05) is 30.4 Å².